The first kappa shape index (κ1) is 62.1. The van der Waals surface area contributed by atoms with Crippen molar-refractivity contribution in [1.29, 1.82) is 0 Å². The smallest absolute Gasteiger partial charge is 0.407 e. The minimum absolute atomic E-state index is 0.0163. The molecule has 20 heteroatoms. The normalized spacial score (nSPS) is 18.9. The van der Waals surface area contributed by atoms with Crippen LogP contribution in [0.3, 0.4) is 0 Å². The molecule has 0 radical (unpaired) electrons. The molecule has 10 rings (SSSR count). The standard InChI is InChI=1S/C45H51N7O6.C21H26BrN3O3/c1-26(2)39(49-44(55)57-5)42(53)51-21-9-12-37(51)34-22-33(24-46-34)30-15-13-28(14-16-30)29-17-19-31(20-18-29)35-25-47-41(48-35)38-23-32-10-7-8-11-36(32)52(38)43(54)40(27(3)4)50-45(56)58-6;1-13(2)19(24-21(27)28-3)20(26)25-10-4-5-18(25)17-11-15(12-23-17)14-6-8-16(22)9-7-14/h7-8,10-11,13-20,24-27,37-40H,9,12,21-23H2,1-6H3,(H,47,48)(H,49,55)(H,50,56);6-9,12-13,18-19H,4-5,10-11H2,1-3H3,(H,24,27)/t37-,38-,39-,40-;18-,19-/m00/s1. The van der Waals surface area contributed by atoms with Gasteiger partial charge in [-0.05, 0) is 106 Å². The monoisotopic (exact) mass is 1230 g/mol. The molecule has 0 aliphatic carbocycles. The second kappa shape index (κ2) is 27.8. The van der Waals surface area contributed by atoms with Crippen molar-refractivity contribution in [2.24, 2.45) is 27.7 Å². The minimum Gasteiger partial charge on any atom is -0.453 e. The van der Waals surface area contributed by atoms with Crippen LogP contribution in [0.4, 0.5) is 20.1 Å². The van der Waals surface area contributed by atoms with Crippen molar-refractivity contribution in [3.8, 4) is 22.4 Å². The lowest BCUT2D eigenvalue weighted by molar-refractivity contribution is -0.134. The number of para-hydroxylation sites is 1. The van der Waals surface area contributed by atoms with E-state index in [1.165, 1.54) is 21.3 Å². The Morgan fingerprint density at radius 2 is 0.965 bits per heavy atom. The number of amides is 6. The molecule has 4 N–H and O–H groups in total. The number of anilines is 1. The molecule has 86 heavy (non-hydrogen) atoms. The number of aromatic nitrogens is 2. The van der Waals surface area contributed by atoms with Gasteiger partial charge in [0.05, 0.1) is 51.3 Å². The molecule has 2 fully saturated rings. The van der Waals surface area contributed by atoms with E-state index in [1.54, 1.807) is 11.1 Å². The van der Waals surface area contributed by atoms with E-state index in [4.69, 9.17) is 19.5 Å². The Hall–Kier alpha value is -8.39. The third kappa shape index (κ3) is 14.0. The van der Waals surface area contributed by atoms with Crippen molar-refractivity contribution in [3.05, 3.63) is 143 Å². The fraction of sp³-hybridized carbons (Fsp3) is 0.409. The van der Waals surface area contributed by atoms with Gasteiger partial charge in [0, 0.05) is 66.3 Å². The minimum atomic E-state index is -0.778. The van der Waals surface area contributed by atoms with Crippen molar-refractivity contribution >= 4 is 80.2 Å². The maximum Gasteiger partial charge on any atom is 0.407 e. The first-order valence-electron chi connectivity index (χ1n) is 29.5. The Kier molecular flexibility index (Phi) is 20.1. The molecule has 0 bridgehead atoms. The highest BCUT2D eigenvalue weighted by Gasteiger charge is 2.43. The molecule has 0 unspecified atom stereocenters. The van der Waals surface area contributed by atoms with Gasteiger partial charge in [0.15, 0.2) is 0 Å². The van der Waals surface area contributed by atoms with E-state index < -0.39 is 36.4 Å². The van der Waals surface area contributed by atoms with Gasteiger partial charge >= 0.3 is 18.3 Å². The Morgan fingerprint density at radius 1 is 0.547 bits per heavy atom. The van der Waals surface area contributed by atoms with Gasteiger partial charge in [0.2, 0.25) is 11.8 Å². The first-order valence-corrected chi connectivity index (χ1v) is 30.3. The molecular weight excluding hydrogens is 1160 g/mol. The van der Waals surface area contributed by atoms with E-state index in [9.17, 15) is 28.8 Å². The number of aliphatic imine (C=N–C) groups is 2. The number of alkyl carbamates (subject to hydrolysis) is 3. The number of benzene rings is 4. The average molecular weight is 1230 g/mol. The van der Waals surface area contributed by atoms with Crippen LogP contribution in [0.5, 0.6) is 0 Å². The zero-order valence-corrected chi connectivity index (χ0v) is 51.9. The number of carbonyl (C=O) groups is 6. The van der Waals surface area contributed by atoms with Crippen LogP contribution in [0.15, 0.2) is 130 Å². The van der Waals surface area contributed by atoms with Crippen molar-refractivity contribution in [2.45, 2.75) is 123 Å². The van der Waals surface area contributed by atoms with Crippen molar-refractivity contribution < 1.29 is 43.0 Å². The topological polar surface area (TPSA) is 229 Å². The summed E-state index contributed by atoms with van der Waals surface area (Å²) >= 11 is 3.46. The van der Waals surface area contributed by atoms with Crippen LogP contribution in [0.2, 0.25) is 0 Å². The van der Waals surface area contributed by atoms with Crippen LogP contribution in [0.25, 0.3) is 33.5 Å². The predicted octanol–water partition coefficient (Wildman–Crippen LogP) is 11.3. The summed E-state index contributed by atoms with van der Waals surface area (Å²) in [7, 11) is 3.89. The molecule has 6 atom stereocenters. The van der Waals surface area contributed by atoms with E-state index >= 15 is 0 Å². The maximum atomic E-state index is 14.1. The molecule has 452 valence electrons. The summed E-state index contributed by atoms with van der Waals surface area (Å²) in [6.45, 7) is 12.8. The number of allylic oxidation sites excluding steroid dienone is 2. The maximum absolute atomic E-state index is 14.1. The highest BCUT2D eigenvalue weighted by Crippen LogP contribution is 2.41. The summed E-state index contributed by atoms with van der Waals surface area (Å²) in [4.78, 5) is 99.8. The number of carbonyl (C=O) groups excluding carboxylic acids is 6. The van der Waals surface area contributed by atoms with E-state index in [2.05, 4.69) is 107 Å². The van der Waals surface area contributed by atoms with Gasteiger partial charge in [-0.25, -0.2) is 19.4 Å². The second-order valence-electron chi connectivity index (χ2n) is 23.3. The quantitative estimate of drug-likeness (QED) is 0.0683. The molecule has 1 aromatic heterocycles. The fourth-order valence-corrected chi connectivity index (χ4v) is 12.2. The number of ether oxygens (including phenoxy) is 3. The van der Waals surface area contributed by atoms with Crippen LogP contribution >= 0.6 is 15.9 Å². The molecule has 19 nitrogen and oxygen atoms in total. The van der Waals surface area contributed by atoms with Crippen LogP contribution in [-0.2, 0) is 35.0 Å². The molecule has 5 aliphatic heterocycles. The Bertz CT molecular complexity index is 3430. The number of nitrogens with zero attached hydrogens (tertiary/aromatic N) is 6. The molecule has 5 aliphatic rings. The van der Waals surface area contributed by atoms with Gasteiger partial charge < -0.3 is 44.9 Å². The Morgan fingerprint density at radius 3 is 1.42 bits per heavy atom. The lowest BCUT2D eigenvalue weighted by Crippen LogP contribution is -2.53. The molecule has 0 saturated carbocycles. The molecule has 6 heterocycles. The summed E-state index contributed by atoms with van der Waals surface area (Å²) in [5.74, 6) is -0.0220. The number of imidazole rings is 1. The Labute approximate surface area is 511 Å². The van der Waals surface area contributed by atoms with E-state index in [-0.39, 0.29) is 53.6 Å². The summed E-state index contributed by atoms with van der Waals surface area (Å²) in [6.07, 6.45) is 9.32. The van der Waals surface area contributed by atoms with E-state index in [0.717, 1.165) is 104 Å². The van der Waals surface area contributed by atoms with Crippen molar-refractivity contribution in [3.63, 3.8) is 0 Å². The predicted molar refractivity (Wildman–Crippen MR) is 336 cm³/mol. The highest BCUT2D eigenvalue weighted by molar-refractivity contribution is 9.10. The summed E-state index contributed by atoms with van der Waals surface area (Å²) < 4.78 is 15.3. The zero-order chi connectivity index (χ0) is 61.3. The number of fused-ring (bicyclic) bond motifs is 1. The lowest BCUT2D eigenvalue weighted by atomic mass is 9.95. The second-order valence-corrected chi connectivity index (χ2v) is 24.2. The third-order valence-corrected chi connectivity index (χ3v) is 17.2. The van der Waals surface area contributed by atoms with Crippen LogP contribution in [0.1, 0.15) is 109 Å². The number of halogens is 1. The number of hydrogen-bond donors (Lipinski definition) is 4. The van der Waals surface area contributed by atoms with Gasteiger partial charge in [-0.2, -0.15) is 0 Å². The van der Waals surface area contributed by atoms with E-state index in [1.807, 2.05) is 100 Å². The number of H-pyrrole nitrogens is 1. The number of rotatable bonds is 16. The number of hydrogen-bond acceptors (Lipinski definition) is 12. The van der Waals surface area contributed by atoms with Gasteiger partial charge in [-0.1, -0.05) is 136 Å². The molecular formula is C66H77BrN10O9. The first-order chi connectivity index (χ1) is 41.4. The lowest BCUT2D eigenvalue weighted by Gasteiger charge is -2.31. The zero-order valence-electron chi connectivity index (χ0n) is 50.3. The van der Waals surface area contributed by atoms with Gasteiger partial charge in [0.25, 0.3) is 5.91 Å². The number of aromatic amines is 1. The van der Waals surface area contributed by atoms with E-state index in [0.29, 0.717) is 31.8 Å². The van der Waals surface area contributed by atoms with Gasteiger partial charge in [0.1, 0.15) is 23.9 Å². The molecule has 6 amide bonds. The molecule has 2 saturated heterocycles. The largest absolute Gasteiger partial charge is 0.453 e. The molecule has 0 spiro atoms. The van der Waals surface area contributed by atoms with Crippen molar-refractivity contribution in [1.82, 2.24) is 35.7 Å². The SMILES string of the molecule is COC(=O)N[C@H](C(=O)N1CCC[C@H]1C1=NC=C(c2ccc(-c3ccc(-c4cnc([C@@H]5Cc6ccccc6N5C(=O)[C@@H](NC(=O)OC)C(C)C)[nH]4)cc3)cc2)C1)C(C)C.COC(=O)N[C@H](C(=O)N1CCC[C@H]1C1=NC=C(c2ccc(Br)cc2)C1)C(C)C. The highest BCUT2D eigenvalue weighted by atomic mass is 79.9. The fourth-order valence-electron chi connectivity index (χ4n) is 11.9. The molecule has 4 aromatic carbocycles. The van der Waals surface area contributed by atoms with Gasteiger partial charge in [-0.3, -0.25) is 29.3 Å². The number of nitrogens with one attached hydrogen (secondary N) is 4. The van der Waals surface area contributed by atoms with Crippen molar-refractivity contribution in [2.75, 3.05) is 39.3 Å². The number of methoxy groups -OCH3 is 3. The van der Waals surface area contributed by atoms with Gasteiger partial charge in [-0.15, -0.1) is 0 Å². The van der Waals surface area contributed by atoms with Crippen LogP contribution in [-0.4, -0.2) is 132 Å². The summed E-state index contributed by atoms with van der Waals surface area (Å²) in [6, 6.07) is 30.2. The van der Waals surface area contributed by atoms with Crippen LogP contribution in [0, 0.1) is 17.8 Å². The molecule has 5 aromatic rings. The Balaban J connectivity index is 0.000000263. The average Bonchev–Trinajstić information content (AvgIpc) is 3.10. The summed E-state index contributed by atoms with van der Waals surface area (Å²) in [5, 5.41) is 8.12. The summed E-state index contributed by atoms with van der Waals surface area (Å²) in [5.41, 5.74) is 12.2. The number of likely N-dealkylation sites (tertiary alicyclic amines) is 2. The van der Waals surface area contributed by atoms with Crippen LogP contribution < -0.4 is 20.9 Å². The third-order valence-electron chi connectivity index (χ3n) is 16.7.